The molecule has 0 fully saturated rings. The number of nitrogens with two attached hydrogens (primary N) is 2. The summed E-state index contributed by atoms with van der Waals surface area (Å²) in [6, 6.07) is 1.83. The first-order valence-electron chi connectivity index (χ1n) is 4.85. The Kier molecular flexibility index (Phi) is 2.56. The van der Waals surface area contributed by atoms with E-state index in [9.17, 15) is 0 Å². The molecular weight excluding hydrogens is 256 g/mol. The lowest BCUT2D eigenvalue weighted by atomic mass is 10.2. The van der Waals surface area contributed by atoms with Crippen molar-refractivity contribution in [1.29, 1.82) is 0 Å². The molecule has 4 N–H and O–H groups in total. The van der Waals surface area contributed by atoms with Crippen LogP contribution >= 0.6 is 15.9 Å². The van der Waals surface area contributed by atoms with E-state index in [4.69, 9.17) is 11.5 Å². The number of fused-ring (bicyclic) bond motifs is 1. The van der Waals surface area contributed by atoms with Gasteiger partial charge in [0.15, 0.2) is 5.65 Å². The molecule has 2 heterocycles. The number of aryl methyl sites for hydroxylation is 1. The van der Waals surface area contributed by atoms with Crippen molar-refractivity contribution in [2.75, 3.05) is 11.5 Å². The lowest BCUT2D eigenvalue weighted by Gasteiger charge is -2.03. The third-order valence-electron chi connectivity index (χ3n) is 2.33. The van der Waals surface area contributed by atoms with Gasteiger partial charge in [-0.15, -0.1) is 0 Å². The van der Waals surface area contributed by atoms with Gasteiger partial charge in [0.1, 0.15) is 5.82 Å². The summed E-state index contributed by atoms with van der Waals surface area (Å²) in [6.45, 7) is 2.11. The molecule has 0 amide bonds. The van der Waals surface area contributed by atoms with Gasteiger partial charge < -0.3 is 11.5 Å². The summed E-state index contributed by atoms with van der Waals surface area (Å²) in [5, 5.41) is 0. The van der Waals surface area contributed by atoms with Crippen LogP contribution in [0.5, 0.6) is 0 Å². The molecule has 0 aliphatic rings. The lowest BCUT2D eigenvalue weighted by Crippen LogP contribution is -1.98. The number of nitrogens with zero attached hydrogens (tertiary/aromatic N) is 2. The average molecular weight is 269 g/mol. The highest BCUT2D eigenvalue weighted by Crippen LogP contribution is 2.24. The highest BCUT2D eigenvalue weighted by atomic mass is 79.9. The molecule has 0 aliphatic carbocycles. The summed E-state index contributed by atoms with van der Waals surface area (Å²) in [4.78, 5) is 4.27. The maximum atomic E-state index is 5.87. The Morgan fingerprint density at radius 1 is 1.47 bits per heavy atom. The predicted molar refractivity (Wildman–Crippen MR) is 65.7 cm³/mol. The maximum absolute atomic E-state index is 5.87. The number of halogens is 1. The molecule has 0 aromatic carbocycles. The fourth-order valence-corrected chi connectivity index (χ4v) is 2.14. The van der Waals surface area contributed by atoms with Gasteiger partial charge in [-0.2, -0.15) is 0 Å². The van der Waals surface area contributed by atoms with E-state index in [-0.39, 0.29) is 0 Å². The Balaban J connectivity index is 2.74. The normalized spacial score (nSPS) is 11.1. The summed E-state index contributed by atoms with van der Waals surface area (Å²) in [6.07, 6.45) is 3.88. The van der Waals surface area contributed by atoms with Crippen LogP contribution in [0.4, 0.5) is 11.5 Å². The number of aromatic nitrogens is 2. The molecule has 2 rings (SSSR count). The molecule has 0 saturated heterocycles. The van der Waals surface area contributed by atoms with Gasteiger partial charge in [-0.3, -0.25) is 4.40 Å². The van der Waals surface area contributed by atoms with Crippen LogP contribution in [-0.4, -0.2) is 9.38 Å². The van der Waals surface area contributed by atoms with Crippen LogP contribution in [-0.2, 0) is 6.42 Å². The van der Waals surface area contributed by atoms with Crippen LogP contribution in [0.15, 0.2) is 16.7 Å². The van der Waals surface area contributed by atoms with E-state index in [0.29, 0.717) is 11.5 Å². The van der Waals surface area contributed by atoms with Crippen molar-refractivity contribution in [3.63, 3.8) is 0 Å². The smallest absolute Gasteiger partial charge is 0.162 e. The van der Waals surface area contributed by atoms with Gasteiger partial charge in [-0.25, -0.2) is 4.98 Å². The van der Waals surface area contributed by atoms with Crippen LogP contribution in [0.1, 0.15) is 19.0 Å². The van der Waals surface area contributed by atoms with Crippen LogP contribution in [0, 0.1) is 0 Å². The zero-order valence-corrected chi connectivity index (χ0v) is 10.1. The number of anilines is 2. The first kappa shape index (κ1) is 10.3. The molecule has 0 saturated carbocycles. The van der Waals surface area contributed by atoms with Gasteiger partial charge in [0.25, 0.3) is 0 Å². The molecule has 80 valence electrons. The number of hydrogen-bond donors (Lipinski definition) is 2. The zero-order chi connectivity index (χ0) is 11.0. The van der Waals surface area contributed by atoms with Gasteiger partial charge in [0.2, 0.25) is 0 Å². The highest BCUT2D eigenvalue weighted by molar-refractivity contribution is 9.10. The molecule has 5 heteroatoms. The molecule has 0 radical (unpaired) electrons. The topological polar surface area (TPSA) is 69.3 Å². The number of imidazole rings is 1. The highest BCUT2D eigenvalue weighted by Gasteiger charge is 2.11. The standard InChI is InChI=1S/C10H13BrN4/c1-2-3-8-9(13)14-10-7(12)4-6(11)5-15(8)10/h4-5H,2-3,12-13H2,1H3. The second-order valence-electron chi connectivity index (χ2n) is 3.50. The first-order chi connectivity index (χ1) is 7.13. The number of pyridine rings is 1. The molecule has 2 aromatic rings. The average Bonchev–Trinajstić information content (AvgIpc) is 2.46. The molecule has 0 unspecified atom stereocenters. The Morgan fingerprint density at radius 3 is 2.87 bits per heavy atom. The molecule has 0 aliphatic heterocycles. The summed E-state index contributed by atoms with van der Waals surface area (Å²) < 4.78 is 2.89. The van der Waals surface area contributed by atoms with Crippen molar-refractivity contribution >= 4 is 33.1 Å². The van der Waals surface area contributed by atoms with Gasteiger partial charge in [0, 0.05) is 10.7 Å². The second-order valence-corrected chi connectivity index (χ2v) is 4.42. The molecule has 0 bridgehead atoms. The fourth-order valence-electron chi connectivity index (χ4n) is 1.69. The van der Waals surface area contributed by atoms with Gasteiger partial charge in [-0.1, -0.05) is 13.3 Å². The SMILES string of the molecule is CCCc1c(N)nc2c(N)cc(Br)cn12. The van der Waals surface area contributed by atoms with E-state index in [1.54, 1.807) is 0 Å². The molecule has 4 nitrogen and oxygen atoms in total. The van der Waals surface area contributed by atoms with Crippen LogP contribution in [0.3, 0.4) is 0 Å². The minimum Gasteiger partial charge on any atom is -0.396 e. The summed E-state index contributed by atoms with van der Waals surface area (Å²) in [7, 11) is 0. The predicted octanol–water partition coefficient (Wildman–Crippen LogP) is 2.21. The van der Waals surface area contributed by atoms with Crippen molar-refractivity contribution in [3.8, 4) is 0 Å². The quantitative estimate of drug-likeness (QED) is 0.878. The molecular formula is C10H13BrN4. The van der Waals surface area contributed by atoms with E-state index in [1.807, 2.05) is 16.7 Å². The van der Waals surface area contributed by atoms with Gasteiger partial charge in [-0.05, 0) is 28.4 Å². The van der Waals surface area contributed by atoms with E-state index < -0.39 is 0 Å². The van der Waals surface area contributed by atoms with E-state index in [0.717, 1.165) is 28.7 Å². The molecule has 2 aromatic heterocycles. The van der Waals surface area contributed by atoms with Crippen molar-refractivity contribution in [2.24, 2.45) is 0 Å². The first-order valence-corrected chi connectivity index (χ1v) is 5.64. The number of rotatable bonds is 2. The van der Waals surface area contributed by atoms with E-state index in [1.165, 1.54) is 0 Å². The molecule has 0 spiro atoms. The Morgan fingerprint density at radius 2 is 2.20 bits per heavy atom. The Labute approximate surface area is 96.4 Å². The summed E-state index contributed by atoms with van der Waals surface area (Å²) >= 11 is 3.41. The van der Waals surface area contributed by atoms with Crippen molar-refractivity contribution in [1.82, 2.24) is 9.38 Å². The Hall–Kier alpha value is -1.23. The lowest BCUT2D eigenvalue weighted by molar-refractivity contribution is 0.870. The third-order valence-corrected chi connectivity index (χ3v) is 2.77. The van der Waals surface area contributed by atoms with Crippen LogP contribution in [0.2, 0.25) is 0 Å². The summed E-state index contributed by atoms with van der Waals surface area (Å²) in [5.41, 5.74) is 14.1. The maximum Gasteiger partial charge on any atom is 0.162 e. The third kappa shape index (κ3) is 1.67. The van der Waals surface area contributed by atoms with E-state index >= 15 is 0 Å². The van der Waals surface area contributed by atoms with Gasteiger partial charge >= 0.3 is 0 Å². The van der Waals surface area contributed by atoms with Crippen molar-refractivity contribution < 1.29 is 0 Å². The molecule has 0 atom stereocenters. The zero-order valence-electron chi connectivity index (χ0n) is 8.50. The number of hydrogen-bond acceptors (Lipinski definition) is 3. The van der Waals surface area contributed by atoms with Crippen LogP contribution in [0.25, 0.3) is 5.65 Å². The van der Waals surface area contributed by atoms with Crippen LogP contribution < -0.4 is 11.5 Å². The largest absolute Gasteiger partial charge is 0.396 e. The van der Waals surface area contributed by atoms with Crippen molar-refractivity contribution in [2.45, 2.75) is 19.8 Å². The molecule has 15 heavy (non-hydrogen) atoms. The van der Waals surface area contributed by atoms with E-state index in [2.05, 4.69) is 27.8 Å². The second kappa shape index (κ2) is 3.73. The summed E-state index contributed by atoms with van der Waals surface area (Å²) in [5.74, 6) is 0.571. The van der Waals surface area contributed by atoms with Gasteiger partial charge in [0.05, 0.1) is 11.4 Å². The Bertz CT molecular complexity index is 504. The monoisotopic (exact) mass is 268 g/mol. The van der Waals surface area contributed by atoms with Crippen molar-refractivity contribution in [3.05, 3.63) is 22.4 Å². The minimum atomic E-state index is 0.571. The fraction of sp³-hybridized carbons (Fsp3) is 0.300. The number of nitrogen functional groups attached to an aromatic ring is 2. The minimum absolute atomic E-state index is 0.571.